The predicted molar refractivity (Wildman–Crippen MR) is 128 cm³/mol. The van der Waals surface area contributed by atoms with Gasteiger partial charge in [0.15, 0.2) is 8.32 Å². The Morgan fingerprint density at radius 3 is 2.65 bits per heavy atom. The van der Waals surface area contributed by atoms with Crippen LogP contribution in [0, 0.1) is 29.1 Å². The molecule has 4 aliphatic rings. The van der Waals surface area contributed by atoms with Crippen LogP contribution in [0.15, 0.2) is 18.2 Å². The lowest BCUT2D eigenvalue weighted by Gasteiger charge is -2.57. The Balaban J connectivity index is 1.56. The highest BCUT2D eigenvalue weighted by Crippen LogP contribution is 2.71. The number of methoxy groups -OCH3 is 1. The minimum Gasteiger partial charge on any atom is -0.497 e. The first-order chi connectivity index (χ1) is 14.6. The Hall–Kier alpha value is -0.843. The summed E-state index contributed by atoms with van der Waals surface area (Å²) in [7, 11) is 0.0458. The van der Waals surface area contributed by atoms with Crippen LogP contribution < -0.4 is 4.74 Å². The van der Waals surface area contributed by atoms with Gasteiger partial charge in [0.25, 0.3) is 0 Å². The highest BCUT2D eigenvalue weighted by molar-refractivity contribution is 6.69. The normalized spacial score (nSPS) is 43.7. The van der Waals surface area contributed by atoms with Gasteiger partial charge in [-0.1, -0.05) is 26.3 Å². The summed E-state index contributed by atoms with van der Waals surface area (Å²) < 4.78 is 12.7. The van der Waals surface area contributed by atoms with Crippen molar-refractivity contribution in [1.29, 1.82) is 0 Å². The number of benzene rings is 1. The number of fused-ring (bicyclic) bond motifs is 7. The van der Waals surface area contributed by atoms with Gasteiger partial charge in [0.1, 0.15) is 5.75 Å². The van der Waals surface area contributed by atoms with Crippen LogP contribution >= 0.6 is 0 Å². The number of rotatable bonds is 4. The Morgan fingerprint density at radius 1 is 1.19 bits per heavy atom. The maximum absolute atomic E-state index is 10.7. The van der Waals surface area contributed by atoms with E-state index in [1.165, 1.54) is 37.7 Å². The van der Waals surface area contributed by atoms with Crippen molar-refractivity contribution < 1.29 is 14.3 Å². The van der Waals surface area contributed by atoms with Gasteiger partial charge in [-0.05, 0) is 110 Å². The summed E-state index contributed by atoms with van der Waals surface area (Å²) >= 11 is 0. The second kappa shape index (κ2) is 7.33. The molecule has 0 radical (unpaired) electrons. The van der Waals surface area contributed by atoms with Crippen molar-refractivity contribution in [2.75, 3.05) is 7.11 Å². The smallest absolute Gasteiger partial charge is 0.184 e. The maximum atomic E-state index is 10.7. The fourth-order valence-electron chi connectivity index (χ4n) is 8.78. The van der Waals surface area contributed by atoms with E-state index in [2.05, 4.69) is 51.7 Å². The molecule has 0 amide bonds. The third kappa shape index (κ3) is 3.19. The molecule has 1 aromatic carbocycles. The molecule has 4 aliphatic carbocycles. The van der Waals surface area contributed by atoms with Crippen LogP contribution in [0.25, 0.3) is 0 Å². The van der Waals surface area contributed by atoms with Gasteiger partial charge in [0.05, 0.1) is 18.8 Å². The highest BCUT2D eigenvalue weighted by Gasteiger charge is 2.70. The van der Waals surface area contributed by atoms with E-state index in [-0.39, 0.29) is 17.1 Å². The summed E-state index contributed by atoms with van der Waals surface area (Å²) in [5.41, 5.74) is 3.20. The zero-order chi connectivity index (χ0) is 22.2. The number of aliphatic hydroxyl groups excluding tert-OH is 1. The molecule has 4 unspecified atom stereocenters. The molecule has 1 aromatic rings. The third-order valence-corrected chi connectivity index (χ3v) is 10.7. The molecule has 0 saturated heterocycles. The van der Waals surface area contributed by atoms with Crippen LogP contribution in [0.1, 0.15) is 69.4 Å². The van der Waals surface area contributed by atoms with E-state index in [4.69, 9.17) is 9.16 Å². The fourth-order valence-corrected chi connectivity index (χ4v) is 10.4. The van der Waals surface area contributed by atoms with Crippen LogP contribution in [-0.4, -0.2) is 32.2 Å². The summed E-state index contributed by atoms with van der Waals surface area (Å²) in [6.07, 6.45) is 7.79. The lowest BCUT2D eigenvalue weighted by molar-refractivity contribution is -0.110. The number of hydrogen-bond acceptors (Lipinski definition) is 3. The van der Waals surface area contributed by atoms with Crippen LogP contribution in [0.3, 0.4) is 0 Å². The minimum absolute atomic E-state index is 0.106. The Bertz CT molecular complexity index is 847. The van der Waals surface area contributed by atoms with Gasteiger partial charge >= 0.3 is 0 Å². The van der Waals surface area contributed by atoms with Crippen LogP contribution in [0.5, 0.6) is 5.75 Å². The van der Waals surface area contributed by atoms with E-state index in [1.807, 2.05) is 0 Å². The monoisotopic (exact) mass is 442 g/mol. The summed E-state index contributed by atoms with van der Waals surface area (Å²) in [6, 6.07) is 6.84. The molecule has 5 rings (SSSR count). The molecule has 3 saturated carbocycles. The quantitative estimate of drug-likeness (QED) is 0.568. The van der Waals surface area contributed by atoms with Crippen molar-refractivity contribution in [3.8, 4) is 5.75 Å². The molecule has 3 fully saturated rings. The molecule has 172 valence electrons. The summed E-state index contributed by atoms with van der Waals surface area (Å²) in [6.45, 7) is 12.0. The molecule has 0 heterocycles. The van der Waals surface area contributed by atoms with Gasteiger partial charge < -0.3 is 14.3 Å². The Kier molecular flexibility index (Phi) is 5.20. The minimum atomic E-state index is -1.73. The lowest BCUT2D eigenvalue weighted by atomic mass is 9.50. The SMILES string of the molecule is CC[C@@H]1Cc2cc(OC)ccc2C2CC[C@@]3(C)C(C[C@H]4CC(O)C[C@]43O[Si](C)(C)C)C21. The largest absolute Gasteiger partial charge is 0.497 e. The van der Waals surface area contributed by atoms with Crippen LogP contribution in [0.4, 0.5) is 0 Å². The molecule has 1 N–H and O–H groups in total. The zero-order valence-corrected chi connectivity index (χ0v) is 21.4. The second-order valence-corrected chi connectivity index (χ2v) is 16.7. The Labute approximate surface area is 190 Å². The Morgan fingerprint density at radius 2 is 1.97 bits per heavy atom. The van der Waals surface area contributed by atoms with Gasteiger partial charge in [0, 0.05) is 6.42 Å². The second-order valence-electron chi connectivity index (χ2n) is 12.3. The topological polar surface area (TPSA) is 38.7 Å². The number of aliphatic hydroxyl groups is 1. The molecular formula is C27H42O3Si. The molecule has 0 bridgehead atoms. The molecule has 0 aromatic heterocycles. The van der Waals surface area contributed by atoms with Crippen molar-refractivity contribution in [3.63, 3.8) is 0 Å². The molecule has 4 heteroatoms. The number of ether oxygens (including phenoxy) is 1. The first-order valence-corrected chi connectivity index (χ1v) is 16.1. The molecule has 0 aliphatic heterocycles. The standard InChI is InChI=1S/C27H42O3Si/c1-7-17-12-18-13-21(29-3)8-9-22(18)23-10-11-26(2)24(25(17)23)15-19-14-20(28)16-27(19,26)30-31(4,5)6/h8-9,13,17,19-20,23-25,28H,7,10-12,14-16H2,1-6H3/t17-,19-,20?,23?,24?,25?,26+,27+/m1/s1. The lowest BCUT2D eigenvalue weighted by Crippen LogP contribution is -2.57. The predicted octanol–water partition coefficient (Wildman–Crippen LogP) is 6.16. The maximum Gasteiger partial charge on any atom is 0.184 e. The van der Waals surface area contributed by atoms with Gasteiger partial charge in [-0.3, -0.25) is 0 Å². The van der Waals surface area contributed by atoms with Crippen LogP contribution in [-0.2, 0) is 10.8 Å². The van der Waals surface area contributed by atoms with E-state index in [0.29, 0.717) is 17.8 Å². The van der Waals surface area contributed by atoms with Gasteiger partial charge in [-0.25, -0.2) is 0 Å². The van der Waals surface area contributed by atoms with Gasteiger partial charge in [-0.15, -0.1) is 0 Å². The number of hydrogen-bond donors (Lipinski definition) is 1. The van der Waals surface area contributed by atoms with Crippen molar-refractivity contribution in [1.82, 2.24) is 0 Å². The third-order valence-electron chi connectivity index (χ3n) is 9.77. The van der Waals surface area contributed by atoms with E-state index < -0.39 is 8.32 Å². The first kappa shape index (κ1) is 22.0. The summed E-state index contributed by atoms with van der Waals surface area (Å²) in [5.74, 6) is 4.39. The average molecular weight is 443 g/mol. The van der Waals surface area contributed by atoms with Crippen molar-refractivity contribution in [2.45, 2.75) is 96.1 Å². The molecule has 8 atom stereocenters. The molecular weight excluding hydrogens is 400 g/mol. The fraction of sp³-hybridized carbons (Fsp3) is 0.778. The highest BCUT2D eigenvalue weighted by atomic mass is 28.4. The van der Waals surface area contributed by atoms with E-state index in [9.17, 15) is 5.11 Å². The van der Waals surface area contributed by atoms with Crippen molar-refractivity contribution in [3.05, 3.63) is 29.3 Å². The molecule has 0 spiro atoms. The van der Waals surface area contributed by atoms with Crippen LogP contribution in [0.2, 0.25) is 19.6 Å². The molecule has 3 nitrogen and oxygen atoms in total. The van der Waals surface area contributed by atoms with Crippen molar-refractivity contribution >= 4 is 8.32 Å². The van der Waals surface area contributed by atoms with E-state index in [0.717, 1.165) is 30.4 Å². The van der Waals surface area contributed by atoms with Gasteiger partial charge in [0.2, 0.25) is 0 Å². The van der Waals surface area contributed by atoms with E-state index in [1.54, 1.807) is 12.7 Å². The van der Waals surface area contributed by atoms with E-state index >= 15 is 0 Å². The van der Waals surface area contributed by atoms with Crippen molar-refractivity contribution in [2.24, 2.45) is 29.1 Å². The first-order valence-electron chi connectivity index (χ1n) is 12.7. The molecule has 31 heavy (non-hydrogen) atoms. The average Bonchev–Trinajstić information content (AvgIpc) is 3.13. The zero-order valence-electron chi connectivity index (χ0n) is 20.4. The van der Waals surface area contributed by atoms with Gasteiger partial charge in [-0.2, -0.15) is 0 Å². The summed E-state index contributed by atoms with van der Waals surface area (Å²) in [4.78, 5) is 0. The summed E-state index contributed by atoms with van der Waals surface area (Å²) in [5, 5.41) is 10.7.